The summed E-state index contributed by atoms with van der Waals surface area (Å²) in [4.78, 5) is 10.4. The molecule has 0 spiro atoms. The maximum atomic E-state index is 12.4. The molecule has 1 unspecified atom stereocenters. The molecule has 1 aromatic carbocycles. The Morgan fingerprint density at radius 3 is 2.65 bits per heavy atom. The lowest BCUT2D eigenvalue weighted by Gasteiger charge is -2.11. The Hall–Kier alpha value is -1.56. The van der Waals surface area contributed by atoms with Gasteiger partial charge in [0.1, 0.15) is 0 Å². The van der Waals surface area contributed by atoms with Gasteiger partial charge in [0.05, 0.1) is 12.2 Å². The number of hydrogen-bond acceptors (Lipinski definition) is 2. The number of alkyl halides is 3. The van der Waals surface area contributed by atoms with E-state index in [9.17, 15) is 18.0 Å². The summed E-state index contributed by atoms with van der Waals surface area (Å²) in [5.41, 5.74) is -0.491. The molecule has 0 bridgehead atoms. The molecule has 0 amide bonds. The van der Waals surface area contributed by atoms with Crippen LogP contribution < -0.4 is 0 Å². The summed E-state index contributed by atoms with van der Waals surface area (Å²) >= 11 is 0. The first-order valence-corrected chi connectivity index (χ1v) is 4.81. The van der Waals surface area contributed by atoms with E-state index >= 15 is 0 Å². The van der Waals surface area contributed by atoms with Gasteiger partial charge in [0.15, 0.2) is 6.10 Å². The zero-order valence-electron chi connectivity index (χ0n) is 8.99. The maximum absolute atomic E-state index is 12.4. The molecule has 1 N–H and O–H groups in total. The maximum Gasteiger partial charge on any atom is 0.416 e. The highest BCUT2D eigenvalue weighted by Crippen LogP contribution is 2.29. The lowest BCUT2D eigenvalue weighted by atomic mass is 10.1. The fourth-order valence-corrected chi connectivity index (χ4v) is 1.13. The van der Waals surface area contributed by atoms with Gasteiger partial charge in [0.2, 0.25) is 0 Å². The molecule has 1 rings (SSSR count). The SMILES string of the molecule is CC(OCc1cccc(C(F)(F)F)c1)C(=O)O. The van der Waals surface area contributed by atoms with Crippen molar-refractivity contribution >= 4 is 5.97 Å². The monoisotopic (exact) mass is 248 g/mol. The predicted octanol–water partition coefficient (Wildman–Crippen LogP) is 2.70. The second-order valence-electron chi connectivity index (χ2n) is 3.49. The van der Waals surface area contributed by atoms with E-state index in [-0.39, 0.29) is 12.2 Å². The molecule has 0 saturated heterocycles. The molecule has 0 aliphatic heterocycles. The Morgan fingerprint density at radius 2 is 2.12 bits per heavy atom. The molecule has 0 aliphatic carbocycles. The van der Waals surface area contributed by atoms with Crippen molar-refractivity contribution < 1.29 is 27.8 Å². The van der Waals surface area contributed by atoms with Crippen LogP contribution >= 0.6 is 0 Å². The second kappa shape index (κ2) is 5.18. The summed E-state index contributed by atoms with van der Waals surface area (Å²) in [5.74, 6) is -1.16. The number of aliphatic carboxylic acids is 1. The summed E-state index contributed by atoms with van der Waals surface area (Å²) < 4.78 is 42.0. The van der Waals surface area contributed by atoms with Gasteiger partial charge in [-0.15, -0.1) is 0 Å². The Morgan fingerprint density at radius 1 is 1.47 bits per heavy atom. The first kappa shape index (κ1) is 13.5. The lowest BCUT2D eigenvalue weighted by molar-refractivity contribution is -0.150. The third-order valence-electron chi connectivity index (χ3n) is 2.10. The van der Waals surface area contributed by atoms with Crippen molar-refractivity contribution in [3.8, 4) is 0 Å². The third-order valence-corrected chi connectivity index (χ3v) is 2.10. The summed E-state index contributed by atoms with van der Waals surface area (Å²) in [5, 5.41) is 8.54. The average Bonchev–Trinajstić information content (AvgIpc) is 2.25. The number of benzene rings is 1. The normalized spacial score (nSPS) is 13.4. The van der Waals surface area contributed by atoms with E-state index in [1.165, 1.54) is 19.1 Å². The zero-order valence-corrected chi connectivity index (χ0v) is 8.99. The molecule has 3 nitrogen and oxygen atoms in total. The number of ether oxygens (including phenoxy) is 1. The van der Waals surface area contributed by atoms with Crippen molar-refractivity contribution in [3.05, 3.63) is 35.4 Å². The Labute approximate surface area is 95.8 Å². The van der Waals surface area contributed by atoms with Crippen molar-refractivity contribution in [2.45, 2.75) is 25.8 Å². The topological polar surface area (TPSA) is 46.5 Å². The smallest absolute Gasteiger partial charge is 0.416 e. The highest BCUT2D eigenvalue weighted by molar-refractivity contribution is 5.71. The molecule has 1 aromatic rings. The molecule has 0 heterocycles. The van der Waals surface area contributed by atoms with Crippen molar-refractivity contribution in [1.29, 1.82) is 0 Å². The molecule has 0 saturated carbocycles. The van der Waals surface area contributed by atoms with E-state index in [1.54, 1.807) is 0 Å². The summed E-state index contributed by atoms with van der Waals surface area (Å²) in [6.07, 6.45) is -5.46. The average molecular weight is 248 g/mol. The van der Waals surface area contributed by atoms with E-state index < -0.39 is 23.8 Å². The Balaban J connectivity index is 2.70. The fourth-order valence-electron chi connectivity index (χ4n) is 1.13. The van der Waals surface area contributed by atoms with Crippen LogP contribution in [-0.2, 0) is 22.3 Å². The minimum Gasteiger partial charge on any atom is -0.479 e. The van der Waals surface area contributed by atoms with E-state index in [2.05, 4.69) is 0 Å². The quantitative estimate of drug-likeness (QED) is 0.891. The number of carboxylic acids is 1. The fraction of sp³-hybridized carbons (Fsp3) is 0.364. The summed E-state index contributed by atoms with van der Waals surface area (Å²) in [7, 11) is 0. The van der Waals surface area contributed by atoms with Gasteiger partial charge in [-0.05, 0) is 24.6 Å². The van der Waals surface area contributed by atoms with Gasteiger partial charge in [-0.2, -0.15) is 13.2 Å². The number of halogens is 3. The molecule has 0 aromatic heterocycles. The van der Waals surface area contributed by atoms with Gasteiger partial charge >= 0.3 is 12.1 Å². The van der Waals surface area contributed by atoms with Crippen LogP contribution in [-0.4, -0.2) is 17.2 Å². The Bertz CT molecular complexity index is 401. The zero-order chi connectivity index (χ0) is 13.1. The van der Waals surface area contributed by atoms with Crippen LogP contribution in [0.2, 0.25) is 0 Å². The Kier molecular flexibility index (Phi) is 4.11. The predicted molar refractivity (Wildman–Crippen MR) is 53.3 cm³/mol. The summed E-state index contributed by atoms with van der Waals surface area (Å²) in [6.45, 7) is 1.15. The van der Waals surface area contributed by atoms with Crippen LogP contribution in [0.5, 0.6) is 0 Å². The van der Waals surface area contributed by atoms with E-state index in [0.717, 1.165) is 12.1 Å². The van der Waals surface area contributed by atoms with Crippen LogP contribution in [0.25, 0.3) is 0 Å². The summed E-state index contributed by atoms with van der Waals surface area (Å²) in [6, 6.07) is 4.59. The number of hydrogen-bond donors (Lipinski definition) is 1. The van der Waals surface area contributed by atoms with Crippen molar-refractivity contribution in [1.82, 2.24) is 0 Å². The number of carboxylic acid groups (broad SMARTS) is 1. The highest BCUT2D eigenvalue weighted by Gasteiger charge is 2.30. The van der Waals surface area contributed by atoms with E-state index in [1.807, 2.05) is 0 Å². The van der Waals surface area contributed by atoms with Gasteiger partial charge < -0.3 is 9.84 Å². The van der Waals surface area contributed by atoms with Gasteiger partial charge in [-0.3, -0.25) is 0 Å². The molecule has 6 heteroatoms. The molecule has 17 heavy (non-hydrogen) atoms. The standard InChI is InChI=1S/C11H11F3O3/c1-7(10(15)16)17-6-8-3-2-4-9(5-8)11(12,13)14/h2-5,7H,6H2,1H3,(H,15,16). The molecule has 94 valence electrons. The van der Waals surface area contributed by atoms with Crippen LogP contribution in [0.15, 0.2) is 24.3 Å². The first-order chi connectivity index (χ1) is 7.80. The largest absolute Gasteiger partial charge is 0.479 e. The van der Waals surface area contributed by atoms with Gasteiger partial charge in [-0.1, -0.05) is 12.1 Å². The van der Waals surface area contributed by atoms with Crippen LogP contribution in [0, 0.1) is 0 Å². The number of carbonyl (C=O) groups is 1. The molecule has 0 radical (unpaired) electrons. The minimum atomic E-state index is -4.41. The van der Waals surface area contributed by atoms with Crippen molar-refractivity contribution in [2.24, 2.45) is 0 Å². The third kappa shape index (κ3) is 4.07. The molecular weight excluding hydrogens is 237 g/mol. The second-order valence-corrected chi connectivity index (χ2v) is 3.49. The lowest BCUT2D eigenvalue weighted by Crippen LogP contribution is -2.19. The molecule has 1 atom stereocenters. The van der Waals surface area contributed by atoms with Gasteiger partial charge in [-0.25, -0.2) is 4.79 Å². The van der Waals surface area contributed by atoms with Crippen molar-refractivity contribution in [3.63, 3.8) is 0 Å². The highest BCUT2D eigenvalue weighted by atomic mass is 19.4. The molecule has 0 aliphatic rings. The molecular formula is C11H11F3O3. The van der Waals surface area contributed by atoms with Gasteiger partial charge in [0.25, 0.3) is 0 Å². The van der Waals surface area contributed by atoms with E-state index in [4.69, 9.17) is 9.84 Å². The van der Waals surface area contributed by atoms with Crippen molar-refractivity contribution in [2.75, 3.05) is 0 Å². The van der Waals surface area contributed by atoms with Crippen LogP contribution in [0.1, 0.15) is 18.1 Å². The minimum absolute atomic E-state index is 0.169. The van der Waals surface area contributed by atoms with Crippen LogP contribution in [0.3, 0.4) is 0 Å². The van der Waals surface area contributed by atoms with Gasteiger partial charge in [0, 0.05) is 0 Å². The molecule has 0 fully saturated rings. The number of rotatable bonds is 4. The van der Waals surface area contributed by atoms with E-state index in [0.29, 0.717) is 0 Å². The van der Waals surface area contributed by atoms with Crippen LogP contribution in [0.4, 0.5) is 13.2 Å². The first-order valence-electron chi connectivity index (χ1n) is 4.81.